The zero-order valence-corrected chi connectivity index (χ0v) is 12.6. The molecule has 2 nitrogen and oxygen atoms in total. The molecule has 0 aliphatic carbocycles. The number of amides is 1. The molecule has 1 amide bonds. The Bertz CT molecular complexity index is 340. The first kappa shape index (κ1) is 15.2. The van der Waals surface area contributed by atoms with Crippen molar-refractivity contribution in [2.75, 3.05) is 11.9 Å². The normalized spacial score (nSPS) is 12.1. The van der Waals surface area contributed by atoms with Crippen molar-refractivity contribution in [1.29, 1.82) is 0 Å². The SMILES string of the molecule is CCC(CCBr)CNC(=O)CCc1ccccc1. The maximum absolute atomic E-state index is 11.7. The number of rotatable bonds is 8. The van der Waals surface area contributed by atoms with Gasteiger partial charge in [-0.05, 0) is 24.3 Å². The minimum absolute atomic E-state index is 0.159. The standard InChI is InChI=1S/C15H22BrNO/c1-2-13(10-11-16)12-17-15(18)9-8-14-6-4-3-5-7-14/h3-7,13H,2,8-12H2,1H3,(H,17,18). The van der Waals surface area contributed by atoms with E-state index in [9.17, 15) is 4.79 Å². The average molecular weight is 312 g/mol. The number of carbonyl (C=O) groups is 1. The zero-order valence-electron chi connectivity index (χ0n) is 11.0. The Morgan fingerprint density at radius 2 is 2.06 bits per heavy atom. The lowest BCUT2D eigenvalue weighted by molar-refractivity contribution is -0.121. The van der Waals surface area contributed by atoms with Gasteiger partial charge in [0.2, 0.25) is 5.91 Å². The average Bonchev–Trinajstić information content (AvgIpc) is 2.42. The fourth-order valence-corrected chi connectivity index (χ4v) is 2.50. The molecule has 1 atom stereocenters. The molecule has 0 saturated carbocycles. The number of nitrogens with one attached hydrogen (secondary N) is 1. The third kappa shape index (κ3) is 6.20. The van der Waals surface area contributed by atoms with Crippen molar-refractivity contribution in [3.05, 3.63) is 35.9 Å². The van der Waals surface area contributed by atoms with Crippen molar-refractivity contribution >= 4 is 21.8 Å². The second kappa shape index (κ2) is 9.15. The molecule has 0 heterocycles. The lowest BCUT2D eigenvalue weighted by Crippen LogP contribution is -2.29. The van der Waals surface area contributed by atoms with Crippen molar-refractivity contribution in [1.82, 2.24) is 5.32 Å². The summed E-state index contributed by atoms with van der Waals surface area (Å²) in [7, 11) is 0. The Morgan fingerprint density at radius 3 is 2.67 bits per heavy atom. The maximum Gasteiger partial charge on any atom is 0.220 e. The Hall–Kier alpha value is -0.830. The van der Waals surface area contributed by atoms with Crippen LogP contribution in [0, 0.1) is 5.92 Å². The van der Waals surface area contributed by atoms with Crippen LogP contribution in [-0.2, 0) is 11.2 Å². The van der Waals surface area contributed by atoms with Crippen molar-refractivity contribution in [3.63, 3.8) is 0 Å². The van der Waals surface area contributed by atoms with Crippen LogP contribution in [0.4, 0.5) is 0 Å². The quantitative estimate of drug-likeness (QED) is 0.731. The van der Waals surface area contributed by atoms with Crippen molar-refractivity contribution in [3.8, 4) is 0 Å². The highest BCUT2D eigenvalue weighted by Crippen LogP contribution is 2.09. The molecule has 0 bridgehead atoms. The largest absolute Gasteiger partial charge is 0.356 e. The van der Waals surface area contributed by atoms with Crippen LogP contribution in [-0.4, -0.2) is 17.8 Å². The fraction of sp³-hybridized carbons (Fsp3) is 0.533. The summed E-state index contributed by atoms with van der Waals surface area (Å²) in [6.45, 7) is 2.97. The maximum atomic E-state index is 11.7. The van der Waals surface area contributed by atoms with E-state index in [1.165, 1.54) is 5.56 Å². The Balaban J connectivity index is 2.21. The number of benzene rings is 1. The van der Waals surface area contributed by atoms with Gasteiger partial charge in [0.1, 0.15) is 0 Å². The third-order valence-corrected chi connectivity index (χ3v) is 3.62. The van der Waals surface area contributed by atoms with Gasteiger partial charge in [-0.2, -0.15) is 0 Å². The van der Waals surface area contributed by atoms with Crippen LogP contribution in [0.3, 0.4) is 0 Å². The van der Waals surface area contributed by atoms with Gasteiger partial charge in [-0.1, -0.05) is 59.6 Å². The van der Waals surface area contributed by atoms with Crippen LogP contribution in [0.2, 0.25) is 0 Å². The van der Waals surface area contributed by atoms with Crippen molar-refractivity contribution < 1.29 is 4.79 Å². The van der Waals surface area contributed by atoms with E-state index in [0.29, 0.717) is 12.3 Å². The monoisotopic (exact) mass is 311 g/mol. The van der Waals surface area contributed by atoms with Crippen LogP contribution < -0.4 is 5.32 Å². The molecule has 1 aromatic rings. The molecule has 0 radical (unpaired) electrons. The molecular weight excluding hydrogens is 290 g/mol. The van der Waals surface area contributed by atoms with Crippen LogP contribution in [0.1, 0.15) is 31.7 Å². The Kier molecular flexibility index (Phi) is 7.74. The zero-order chi connectivity index (χ0) is 13.2. The summed E-state index contributed by atoms with van der Waals surface area (Å²) < 4.78 is 0. The van der Waals surface area contributed by atoms with Crippen LogP contribution in [0.15, 0.2) is 30.3 Å². The minimum Gasteiger partial charge on any atom is -0.356 e. The third-order valence-electron chi connectivity index (χ3n) is 3.17. The summed E-state index contributed by atoms with van der Waals surface area (Å²) in [5.41, 5.74) is 1.22. The number of hydrogen-bond acceptors (Lipinski definition) is 1. The highest BCUT2D eigenvalue weighted by Gasteiger charge is 2.07. The van der Waals surface area contributed by atoms with E-state index in [1.54, 1.807) is 0 Å². The van der Waals surface area contributed by atoms with E-state index in [4.69, 9.17) is 0 Å². The van der Waals surface area contributed by atoms with Gasteiger partial charge in [0.25, 0.3) is 0 Å². The smallest absolute Gasteiger partial charge is 0.220 e. The topological polar surface area (TPSA) is 29.1 Å². The Labute approximate surface area is 118 Å². The lowest BCUT2D eigenvalue weighted by atomic mass is 10.0. The summed E-state index contributed by atoms with van der Waals surface area (Å²) in [5, 5.41) is 4.03. The van der Waals surface area contributed by atoms with E-state index < -0.39 is 0 Å². The van der Waals surface area contributed by atoms with Crippen LogP contribution in [0.25, 0.3) is 0 Å². The molecule has 0 saturated heterocycles. The van der Waals surface area contributed by atoms with Gasteiger partial charge in [0.05, 0.1) is 0 Å². The predicted molar refractivity (Wildman–Crippen MR) is 80.0 cm³/mol. The molecule has 0 spiro atoms. The van der Waals surface area contributed by atoms with Gasteiger partial charge in [-0.25, -0.2) is 0 Å². The number of carbonyl (C=O) groups excluding carboxylic acids is 1. The second-order valence-electron chi connectivity index (χ2n) is 4.54. The molecule has 0 aliphatic rings. The summed E-state index contributed by atoms with van der Waals surface area (Å²) in [6.07, 6.45) is 3.64. The summed E-state index contributed by atoms with van der Waals surface area (Å²) in [4.78, 5) is 11.7. The second-order valence-corrected chi connectivity index (χ2v) is 5.33. The number of alkyl halides is 1. The van der Waals surface area contributed by atoms with Gasteiger partial charge in [0, 0.05) is 18.3 Å². The molecule has 18 heavy (non-hydrogen) atoms. The lowest BCUT2D eigenvalue weighted by Gasteiger charge is -2.14. The van der Waals surface area contributed by atoms with E-state index in [1.807, 2.05) is 18.2 Å². The molecular formula is C15H22BrNO. The Morgan fingerprint density at radius 1 is 1.33 bits per heavy atom. The molecule has 1 unspecified atom stereocenters. The highest BCUT2D eigenvalue weighted by molar-refractivity contribution is 9.09. The molecule has 1 N–H and O–H groups in total. The molecule has 1 rings (SSSR count). The summed E-state index contributed by atoms with van der Waals surface area (Å²) in [5.74, 6) is 0.747. The first-order chi connectivity index (χ1) is 8.76. The molecule has 0 aromatic heterocycles. The van der Waals surface area contributed by atoms with E-state index in [-0.39, 0.29) is 5.91 Å². The van der Waals surface area contributed by atoms with E-state index >= 15 is 0 Å². The predicted octanol–water partition coefficient (Wildman–Crippen LogP) is 3.55. The van der Waals surface area contributed by atoms with Crippen LogP contribution in [0.5, 0.6) is 0 Å². The molecule has 3 heteroatoms. The molecule has 0 fully saturated rings. The van der Waals surface area contributed by atoms with Gasteiger partial charge >= 0.3 is 0 Å². The van der Waals surface area contributed by atoms with Gasteiger partial charge < -0.3 is 5.32 Å². The van der Waals surface area contributed by atoms with Gasteiger partial charge in [-0.15, -0.1) is 0 Å². The van der Waals surface area contributed by atoms with Gasteiger partial charge in [0.15, 0.2) is 0 Å². The summed E-state index contributed by atoms with van der Waals surface area (Å²) in [6, 6.07) is 10.1. The molecule has 100 valence electrons. The number of aryl methyl sites for hydroxylation is 1. The van der Waals surface area contributed by atoms with Crippen molar-refractivity contribution in [2.45, 2.75) is 32.6 Å². The first-order valence-corrected chi connectivity index (χ1v) is 7.75. The number of halogens is 1. The molecule has 1 aromatic carbocycles. The minimum atomic E-state index is 0.159. The van der Waals surface area contributed by atoms with Gasteiger partial charge in [-0.3, -0.25) is 4.79 Å². The van der Waals surface area contributed by atoms with E-state index in [0.717, 1.165) is 31.1 Å². The fourth-order valence-electron chi connectivity index (χ4n) is 1.85. The number of hydrogen-bond donors (Lipinski definition) is 1. The first-order valence-electron chi connectivity index (χ1n) is 6.62. The highest BCUT2D eigenvalue weighted by atomic mass is 79.9. The summed E-state index contributed by atoms with van der Waals surface area (Å²) >= 11 is 3.45. The van der Waals surface area contributed by atoms with E-state index in [2.05, 4.69) is 40.3 Å². The van der Waals surface area contributed by atoms with Crippen molar-refractivity contribution in [2.24, 2.45) is 5.92 Å². The van der Waals surface area contributed by atoms with Crippen LogP contribution >= 0.6 is 15.9 Å². The molecule has 0 aliphatic heterocycles.